The summed E-state index contributed by atoms with van der Waals surface area (Å²) in [5.41, 5.74) is -0.598. The molecular weight excluding hydrogens is 515 g/mol. The van der Waals surface area contributed by atoms with Crippen LogP contribution in [-0.2, 0) is 15.8 Å². The molecule has 1 amide bonds. The van der Waals surface area contributed by atoms with Crippen molar-refractivity contribution in [3.05, 3.63) is 94.0 Å². The normalized spacial score (nSPS) is 18.3. The number of ketones is 2. The van der Waals surface area contributed by atoms with Gasteiger partial charge in [-0.2, -0.15) is 13.2 Å². The summed E-state index contributed by atoms with van der Waals surface area (Å²) in [6.45, 7) is 0. The molecule has 34 heavy (non-hydrogen) atoms. The lowest BCUT2D eigenvalue weighted by molar-refractivity contribution is -0.137. The first-order chi connectivity index (χ1) is 16.1. The molecule has 1 saturated heterocycles. The van der Waals surface area contributed by atoms with Crippen molar-refractivity contribution < 1.29 is 32.3 Å². The number of methoxy groups -OCH3 is 1. The van der Waals surface area contributed by atoms with Crippen LogP contribution in [-0.4, -0.2) is 24.6 Å². The molecule has 2 atom stereocenters. The molecule has 4 rings (SSSR count). The smallest absolute Gasteiger partial charge is 0.416 e. The predicted molar refractivity (Wildman–Crippen MR) is 122 cm³/mol. The average Bonchev–Trinajstić information content (AvgIpc) is 3.09. The third kappa shape index (κ3) is 4.23. The van der Waals surface area contributed by atoms with Crippen LogP contribution < -0.4 is 9.64 Å². The van der Waals surface area contributed by atoms with Gasteiger partial charge in [-0.1, -0.05) is 52.3 Å². The van der Waals surface area contributed by atoms with Crippen LogP contribution in [0, 0.1) is 5.92 Å². The van der Waals surface area contributed by atoms with E-state index >= 15 is 0 Å². The van der Waals surface area contributed by atoms with Crippen LogP contribution in [0.2, 0.25) is 0 Å². The molecule has 3 aromatic rings. The van der Waals surface area contributed by atoms with Gasteiger partial charge in [0.05, 0.1) is 18.7 Å². The van der Waals surface area contributed by atoms with E-state index in [1.807, 2.05) is 0 Å². The summed E-state index contributed by atoms with van der Waals surface area (Å²) in [4.78, 5) is 40.7. The number of carbonyl (C=O) groups is 3. The lowest BCUT2D eigenvalue weighted by Crippen LogP contribution is -2.31. The summed E-state index contributed by atoms with van der Waals surface area (Å²) in [5, 5.41) is 0. The largest absolute Gasteiger partial charge is 0.496 e. The maximum absolute atomic E-state index is 13.5. The number of hydrogen-bond acceptors (Lipinski definition) is 4. The van der Waals surface area contributed by atoms with Crippen molar-refractivity contribution in [2.75, 3.05) is 12.0 Å². The van der Waals surface area contributed by atoms with Gasteiger partial charge in [0.2, 0.25) is 5.78 Å². The van der Waals surface area contributed by atoms with Crippen molar-refractivity contribution in [3.63, 3.8) is 0 Å². The van der Waals surface area contributed by atoms with Gasteiger partial charge < -0.3 is 4.74 Å². The van der Waals surface area contributed by atoms with Crippen LogP contribution in [0.4, 0.5) is 18.9 Å². The molecule has 0 bridgehead atoms. The summed E-state index contributed by atoms with van der Waals surface area (Å²) in [5.74, 6) is -3.86. The Morgan fingerprint density at radius 2 is 1.65 bits per heavy atom. The van der Waals surface area contributed by atoms with E-state index in [9.17, 15) is 27.6 Å². The van der Waals surface area contributed by atoms with Gasteiger partial charge in [-0.05, 0) is 36.4 Å². The van der Waals surface area contributed by atoms with Crippen LogP contribution in [0.3, 0.4) is 0 Å². The van der Waals surface area contributed by atoms with E-state index in [1.165, 1.54) is 25.3 Å². The molecule has 1 aliphatic rings. The first kappa shape index (κ1) is 23.7. The monoisotopic (exact) mass is 531 g/mol. The van der Waals surface area contributed by atoms with Gasteiger partial charge in [-0.15, -0.1) is 0 Å². The highest BCUT2D eigenvalue weighted by atomic mass is 79.9. The third-order valence-electron chi connectivity index (χ3n) is 5.63. The standard InChI is InChI=1S/C25H17BrF3NO4/c1-34-19-8-3-2-7-18(19)21-20(22(31)14-9-11-16(26)12-10-14)23(32)24(33)30(21)17-6-4-5-15(13-17)25(27,28)29/h2-13,20-21H,1H3. The van der Waals surface area contributed by atoms with Crippen LogP contribution in [0.25, 0.3) is 0 Å². The number of rotatable bonds is 5. The highest BCUT2D eigenvalue weighted by Gasteiger charge is 2.53. The summed E-state index contributed by atoms with van der Waals surface area (Å²) < 4.78 is 46.2. The molecule has 0 aromatic heterocycles. The Morgan fingerprint density at radius 1 is 0.971 bits per heavy atom. The fraction of sp³-hybridized carbons (Fsp3) is 0.160. The lowest BCUT2D eigenvalue weighted by Gasteiger charge is -2.28. The van der Waals surface area contributed by atoms with Crippen molar-refractivity contribution >= 4 is 39.1 Å². The average molecular weight is 532 g/mol. The second-order valence-electron chi connectivity index (χ2n) is 7.62. The van der Waals surface area contributed by atoms with Gasteiger partial charge in [-0.3, -0.25) is 19.3 Å². The Kier molecular flexibility index (Phi) is 6.31. The van der Waals surface area contributed by atoms with Gasteiger partial charge in [0.15, 0.2) is 5.78 Å². The molecule has 0 saturated carbocycles. The molecule has 9 heteroatoms. The number of amides is 1. The van der Waals surface area contributed by atoms with E-state index < -0.39 is 41.2 Å². The van der Waals surface area contributed by atoms with Crippen molar-refractivity contribution in [2.24, 2.45) is 5.92 Å². The Bertz CT molecular complexity index is 1270. The van der Waals surface area contributed by atoms with Gasteiger partial charge in [-0.25, -0.2) is 0 Å². The second-order valence-corrected chi connectivity index (χ2v) is 8.54. The van der Waals surface area contributed by atoms with Crippen LogP contribution in [0.5, 0.6) is 5.75 Å². The van der Waals surface area contributed by atoms with Crippen molar-refractivity contribution in [2.45, 2.75) is 12.2 Å². The summed E-state index contributed by atoms with van der Waals surface area (Å²) in [6, 6.07) is 15.7. The van der Waals surface area contributed by atoms with Gasteiger partial charge in [0.25, 0.3) is 5.91 Å². The number of para-hydroxylation sites is 1. The van der Waals surface area contributed by atoms with Crippen LogP contribution >= 0.6 is 15.9 Å². The van der Waals surface area contributed by atoms with Gasteiger partial charge in [0.1, 0.15) is 11.7 Å². The Labute approximate surface area is 201 Å². The first-order valence-electron chi connectivity index (χ1n) is 10.1. The Balaban J connectivity index is 1.90. The summed E-state index contributed by atoms with van der Waals surface area (Å²) >= 11 is 3.28. The van der Waals surface area contributed by atoms with E-state index in [2.05, 4.69) is 15.9 Å². The maximum Gasteiger partial charge on any atom is 0.416 e. The van der Waals surface area contributed by atoms with Crippen LogP contribution in [0.1, 0.15) is 27.5 Å². The number of benzene rings is 3. The van der Waals surface area contributed by atoms with E-state index in [-0.39, 0.29) is 11.3 Å². The zero-order valence-corrected chi connectivity index (χ0v) is 19.3. The molecule has 0 N–H and O–H groups in total. The molecule has 0 spiro atoms. The number of nitrogens with zero attached hydrogens (tertiary/aromatic N) is 1. The molecule has 2 unspecified atom stereocenters. The molecule has 5 nitrogen and oxygen atoms in total. The minimum atomic E-state index is -4.66. The molecule has 174 valence electrons. The number of ether oxygens (including phenoxy) is 1. The number of carbonyl (C=O) groups excluding carboxylic acids is 3. The highest BCUT2D eigenvalue weighted by Crippen LogP contribution is 2.45. The maximum atomic E-state index is 13.5. The quantitative estimate of drug-likeness (QED) is 0.243. The number of halogens is 4. The minimum Gasteiger partial charge on any atom is -0.496 e. The topological polar surface area (TPSA) is 63.7 Å². The zero-order chi connectivity index (χ0) is 24.6. The minimum absolute atomic E-state index is 0.143. The molecule has 1 fully saturated rings. The highest BCUT2D eigenvalue weighted by molar-refractivity contribution is 9.10. The van der Waals surface area contributed by atoms with E-state index in [0.29, 0.717) is 15.8 Å². The molecule has 1 heterocycles. The van der Waals surface area contributed by atoms with E-state index in [0.717, 1.165) is 23.1 Å². The zero-order valence-electron chi connectivity index (χ0n) is 17.7. The molecule has 0 aliphatic carbocycles. The SMILES string of the molecule is COc1ccccc1C1C(C(=O)c2ccc(Br)cc2)C(=O)C(=O)N1c1cccc(C(F)(F)F)c1. The van der Waals surface area contributed by atoms with Gasteiger partial charge in [0, 0.05) is 21.3 Å². The van der Waals surface area contributed by atoms with E-state index in [4.69, 9.17) is 4.74 Å². The molecular formula is C25H17BrF3NO4. The van der Waals surface area contributed by atoms with Crippen LogP contribution in [0.15, 0.2) is 77.3 Å². The fourth-order valence-electron chi connectivity index (χ4n) is 4.07. The number of hydrogen-bond donors (Lipinski definition) is 0. The van der Waals surface area contributed by atoms with Crippen molar-refractivity contribution in [3.8, 4) is 5.75 Å². The summed E-state index contributed by atoms with van der Waals surface area (Å²) in [6.07, 6.45) is -4.66. The lowest BCUT2D eigenvalue weighted by atomic mass is 9.86. The second kappa shape index (κ2) is 9.06. The number of anilines is 1. The van der Waals surface area contributed by atoms with Crippen molar-refractivity contribution in [1.29, 1.82) is 0 Å². The molecule has 0 radical (unpaired) electrons. The van der Waals surface area contributed by atoms with Gasteiger partial charge >= 0.3 is 6.18 Å². The molecule has 1 aliphatic heterocycles. The summed E-state index contributed by atoms with van der Waals surface area (Å²) in [7, 11) is 1.39. The number of Topliss-reactive ketones (excluding diaryl/α,β-unsaturated/α-hetero) is 2. The Hall–Kier alpha value is -3.46. The Morgan fingerprint density at radius 3 is 2.29 bits per heavy atom. The molecule has 3 aromatic carbocycles. The predicted octanol–water partition coefficient (Wildman–Crippen LogP) is 5.63. The fourth-order valence-corrected chi connectivity index (χ4v) is 4.33. The third-order valence-corrected chi connectivity index (χ3v) is 6.16. The number of alkyl halides is 3. The van der Waals surface area contributed by atoms with Crippen molar-refractivity contribution in [1.82, 2.24) is 0 Å². The van der Waals surface area contributed by atoms with E-state index in [1.54, 1.807) is 36.4 Å². The first-order valence-corrected chi connectivity index (χ1v) is 10.9.